The fourth-order valence-electron chi connectivity index (χ4n) is 4.12. The van der Waals surface area contributed by atoms with Gasteiger partial charge in [-0.3, -0.25) is 5.41 Å². The van der Waals surface area contributed by atoms with Crippen LogP contribution < -0.4 is 0 Å². The third-order valence-electron chi connectivity index (χ3n) is 5.09. The summed E-state index contributed by atoms with van der Waals surface area (Å²) in [5, 5.41) is 37.1. The number of nitrogens with zero attached hydrogens (tertiary/aromatic N) is 3. The van der Waals surface area contributed by atoms with Crippen molar-refractivity contribution in [3.05, 3.63) is 0 Å². The average molecular weight is 270 g/mol. The van der Waals surface area contributed by atoms with E-state index < -0.39 is 28.6 Å². The second-order valence-electron chi connectivity index (χ2n) is 5.75. The summed E-state index contributed by atoms with van der Waals surface area (Å²) in [7, 11) is 0. The van der Waals surface area contributed by atoms with E-state index in [9.17, 15) is 15.8 Å². The molecule has 2 bridgehead atoms. The van der Waals surface area contributed by atoms with Crippen LogP contribution in [0.25, 0.3) is 0 Å². The quantitative estimate of drug-likeness (QED) is 0.721. The van der Waals surface area contributed by atoms with Crippen molar-refractivity contribution in [2.45, 2.75) is 44.5 Å². The number of hydrogen-bond donors (Lipinski definition) is 1. The number of hydrogen-bond acceptors (Lipinski definition) is 6. The molecule has 3 aliphatic rings. The van der Waals surface area contributed by atoms with Crippen LogP contribution in [0.4, 0.5) is 0 Å². The molecule has 0 aromatic rings. The first-order valence-corrected chi connectivity index (χ1v) is 6.72. The van der Waals surface area contributed by atoms with Gasteiger partial charge in [-0.2, -0.15) is 15.8 Å². The van der Waals surface area contributed by atoms with E-state index in [4.69, 9.17) is 14.9 Å². The van der Waals surface area contributed by atoms with Crippen molar-refractivity contribution in [3.8, 4) is 18.2 Å². The molecule has 0 aromatic carbocycles. The Balaban J connectivity index is 2.30. The molecule has 6 heteroatoms. The van der Waals surface area contributed by atoms with Crippen molar-refractivity contribution in [2.24, 2.45) is 16.7 Å². The summed E-state index contributed by atoms with van der Waals surface area (Å²) < 4.78 is 11.5. The number of nitriles is 3. The summed E-state index contributed by atoms with van der Waals surface area (Å²) in [6, 6.07) is 6.04. The minimum absolute atomic E-state index is 0.278. The van der Waals surface area contributed by atoms with Gasteiger partial charge in [0.1, 0.15) is 0 Å². The molecule has 0 spiro atoms. The number of rotatable bonds is 0. The summed E-state index contributed by atoms with van der Waals surface area (Å²) in [5.41, 5.74) is -3.21. The SMILES string of the molecule is C[C@@H]1O[C@@]23CCCC[C@H]2[C@](C#N)(C(=N)O3)C1(C#N)C#N. The fourth-order valence-corrected chi connectivity index (χ4v) is 4.12. The van der Waals surface area contributed by atoms with Crippen molar-refractivity contribution in [1.82, 2.24) is 0 Å². The summed E-state index contributed by atoms with van der Waals surface area (Å²) >= 11 is 0. The Morgan fingerprint density at radius 1 is 1.20 bits per heavy atom. The standard InChI is InChI=1S/C14H14N4O2/c1-9-12(6-15,7-16)13(8-17)10-4-2-3-5-14(10,19-9)20-11(13)18/h9-10,18H,2-5H2,1H3/t9-,10-,13+,14+/m0/s1. The molecule has 1 N–H and O–H groups in total. The highest BCUT2D eigenvalue weighted by molar-refractivity contribution is 5.89. The maximum absolute atomic E-state index is 9.76. The van der Waals surface area contributed by atoms with Crippen LogP contribution in [-0.2, 0) is 9.47 Å². The van der Waals surface area contributed by atoms with Crippen molar-refractivity contribution < 1.29 is 9.47 Å². The van der Waals surface area contributed by atoms with Crippen LogP contribution in [0.5, 0.6) is 0 Å². The Bertz CT molecular complexity index is 596. The van der Waals surface area contributed by atoms with E-state index in [1.54, 1.807) is 6.92 Å². The molecule has 102 valence electrons. The van der Waals surface area contributed by atoms with Gasteiger partial charge in [0.25, 0.3) is 0 Å². The lowest BCUT2D eigenvalue weighted by Gasteiger charge is -2.50. The Morgan fingerprint density at radius 2 is 1.90 bits per heavy atom. The monoisotopic (exact) mass is 270 g/mol. The van der Waals surface area contributed by atoms with Gasteiger partial charge in [-0.25, -0.2) is 0 Å². The molecule has 2 aliphatic heterocycles. The van der Waals surface area contributed by atoms with E-state index in [-0.39, 0.29) is 5.90 Å². The molecule has 2 saturated heterocycles. The molecule has 1 saturated carbocycles. The highest BCUT2D eigenvalue weighted by Crippen LogP contribution is 2.66. The third-order valence-corrected chi connectivity index (χ3v) is 5.09. The van der Waals surface area contributed by atoms with E-state index in [1.165, 1.54) is 0 Å². The summed E-state index contributed by atoms with van der Waals surface area (Å²) in [6.07, 6.45) is 2.24. The molecule has 0 aromatic heterocycles. The lowest BCUT2D eigenvalue weighted by atomic mass is 9.52. The Kier molecular flexibility index (Phi) is 2.40. The van der Waals surface area contributed by atoms with E-state index in [1.807, 2.05) is 12.1 Å². The van der Waals surface area contributed by atoms with Gasteiger partial charge in [-0.1, -0.05) is 6.42 Å². The summed E-state index contributed by atoms with van der Waals surface area (Å²) in [6.45, 7) is 1.62. The van der Waals surface area contributed by atoms with Crippen LogP contribution in [0.1, 0.15) is 32.6 Å². The fraction of sp³-hybridized carbons (Fsp3) is 0.714. The first kappa shape index (κ1) is 12.9. The molecule has 0 radical (unpaired) electrons. The van der Waals surface area contributed by atoms with Gasteiger partial charge in [0.05, 0.1) is 30.2 Å². The normalized spacial score (nSPS) is 44.4. The minimum atomic E-state index is -1.69. The van der Waals surface area contributed by atoms with Crippen LogP contribution >= 0.6 is 0 Å². The van der Waals surface area contributed by atoms with Crippen LogP contribution in [0.15, 0.2) is 0 Å². The van der Waals surface area contributed by atoms with E-state index in [2.05, 4.69) is 6.07 Å². The molecule has 4 atom stereocenters. The van der Waals surface area contributed by atoms with Crippen molar-refractivity contribution in [1.29, 1.82) is 21.2 Å². The molecule has 0 amide bonds. The number of nitrogens with one attached hydrogen (secondary N) is 1. The first-order valence-electron chi connectivity index (χ1n) is 6.72. The molecule has 6 nitrogen and oxygen atoms in total. The molecule has 1 aliphatic carbocycles. The Labute approximate surface area is 117 Å². The lowest BCUT2D eigenvalue weighted by molar-refractivity contribution is -0.287. The molecular formula is C14H14N4O2. The second-order valence-corrected chi connectivity index (χ2v) is 5.75. The Hall–Kier alpha value is -2.10. The largest absolute Gasteiger partial charge is 0.447 e. The Morgan fingerprint density at radius 3 is 2.50 bits per heavy atom. The topological polar surface area (TPSA) is 114 Å². The lowest BCUT2D eigenvalue weighted by Crippen LogP contribution is -2.62. The van der Waals surface area contributed by atoms with Gasteiger partial charge in [-0.05, 0) is 19.8 Å². The third kappa shape index (κ3) is 1.05. The average Bonchev–Trinajstić information content (AvgIpc) is 2.66. The van der Waals surface area contributed by atoms with Crippen LogP contribution in [-0.4, -0.2) is 17.8 Å². The van der Waals surface area contributed by atoms with Crippen molar-refractivity contribution in [3.63, 3.8) is 0 Å². The molecule has 3 rings (SSSR count). The first-order chi connectivity index (χ1) is 9.53. The molecular weight excluding hydrogens is 256 g/mol. The predicted molar refractivity (Wildman–Crippen MR) is 65.8 cm³/mol. The zero-order valence-electron chi connectivity index (χ0n) is 11.1. The van der Waals surface area contributed by atoms with Crippen LogP contribution in [0, 0.1) is 56.2 Å². The van der Waals surface area contributed by atoms with Gasteiger partial charge in [0.2, 0.25) is 11.7 Å². The maximum atomic E-state index is 9.76. The van der Waals surface area contributed by atoms with Crippen LogP contribution in [0.2, 0.25) is 0 Å². The maximum Gasteiger partial charge on any atom is 0.217 e. The minimum Gasteiger partial charge on any atom is -0.447 e. The molecule has 3 fully saturated rings. The smallest absolute Gasteiger partial charge is 0.217 e. The van der Waals surface area contributed by atoms with Crippen molar-refractivity contribution >= 4 is 5.90 Å². The highest BCUT2D eigenvalue weighted by atomic mass is 16.7. The van der Waals surface area contributed by atoms with Gasteiger partial charge in [0.15, 0.2) is 10.8 Å². The van der Waals surface area contributed by atoms with Gasteiger partial charge in [-0.15, -0.1) is 0 Å². The van der Waals surface area contributed by atoms with E-state index >= 15 is 0 Å². The molecule has 0 unspecified atom stereocenters. The van der Waals surface area contributed by atoms with Gasteiger partial charge >= 0.3 is 0 Å². The number of ether oxygens (including phenoxy) is 2. The van der Waals surface area contributed by atoms with E-state index in [0.717, 1.165) is 12.8 Å². The van der Waals surface area contributed by atoms with Gasteiger partial charge < -0.3 is 9.47 Å². The predicted octanol–water partition coefficient (Wildman–Crippen LogP) is 1.84. The van der Waals surface area contributed by atoms with Crippen molar-refractivity contribution in [2.75, 3.05) is 0 Å². The van der Waals surface area contributed by atoms with Gasteiger partial charge in [0, 0.05) is 6.42 Å². The second kappa shape index (κ2) is 3.72. The summed E-state index contributed by atoms with van der Waals surface area (Å²) in [4.78, 5) is 0. The zero-order valence-corrected chi connectivity index (χ0v) is 11.1. The molecule has 2 heterocycles. The van der Waals surface area contributed by atoms with E-state index in [0.29, 0.717) is 12.8 Å². The highest BCUT2D eigenvalue weighted by Gasteiger charge is 2.79. The zero-order chi connectivity index (χ0) is 14.6. The van der Waals surface area contributed by atoms with Crippen LogP contribution in [0.3, 0.4) is 0 Å². The molecule has 20 heavy (non-hydrogen) atoms. The summed E-state index contributed by atoms with van der Waals surface area (Å²) in [5.74, 6) is -1.70.